The highest BCUT2D eigenvalue weighted by Gasteiger charge is 2.27. The first-order valence-electron chi connectivity index (χ1n) is 6.97. The van der Waals surface area contributed by atoms with Crippen molar-refractivity contribution in [3.63, 3.8) is 0 Å². The molecular formula is C15H16N2O4. The fourth-order valence-corrected chi connectivity index (χ4v) is 2.39. The number of rotatable bonds is 6. The standard InChI is InChI=1S/C15H16N2O4/c18-15-7-14(10-21-15)16(8-11-1-2-11)9-12-3-5-13(6-4-12)17(19)20/h3-7,11H,1-2,8-10H2. The summed E-state index contributed by atoms with van der Waals surface area (Å²) >= 11 is 0. The molecule has 3 rings (SSSR count). The van der Waals surface area contributed by atoms with Crippen LogP contribution in [0.15, 0.2) is 36.0 Å². The summed E-state index contributed by atoms with van der Waals surface area (Å²) in [6.45, 7) is 1.86. The number of ether oxygens (including phenoxy) is 1. The van der Waals surface area contributed by atoms with E-state index in [0.29, 0.717) is 19.1 Å². The molecule has 0 aromatic heterocycles. The lowest BCUT2D eigenvalue weighted by Crippen LogP contribution is -2.25. The fourth-order valence-electron chi connectivity index (χ4n) is 2.39. The first-order valence-corrected chi connectivity index (χ1v) is 6.97. The normalized spacial score (nSPS) is 17.3. The van der Waals surface area contributed by atoms with Gasteiger partial charge in [-0.15, -0.1) is 0 Å². The summed E-state index contributed by atoms with van der Waals surface area (Å²) < 4.78 is 4.97. The largest absolute Gasteiger partial charge is 0.456 e. The highest BCUT2D eigenvalue weighted by Crippen LogP contribution is 2.32. The zero-order chi connectivity index (χ0) is 14.8. The number of hydrogen-bond acceptors (Lipinski definition) is 5. The quantitative estimate of drug-likeness (QED) is 0.456. The van der Waals surface area contributed by atoms with Crippen LogP contribution in [0.5, 0.6) is 0 Å². The van der Waals surface area contributed by atoms with Gasteiger partial charge in [0.25, 0.3) is 5.69 Å². The van der Waals surface area contributed by atoms with Crippen LogP contribution >= 0.6 is 0 Å². The molecule has 1 aliphatic carbocycles. The highest BCUT2D eigenvalue weighted by atomic mass is 16.6. The third kappa shape index (κ3) is 3.39. The maximum absolute atomic E-state index is 11.2. The number of hydrogen-bond donors (Lipinski definition) is 0. The van der Waals surface area contributed by atoms with E-state index in [-0.39, 0.29) is 11.7 Å². The van der Waals surface area contributed by atoms with Gasteiger partial charge in [-0.1, -0.05) is 12.1 Å². The Morgan fingerprint density at radius 2 is 2.00 bits per heavy atom. The summed E-state index contributed by atoms with van der Waals surface area (Å²) in [6, 6.07) is 6.54. The third-order valence-electron chi connectivity index (χ3n) is 3.75. The minimum atomic E-state index is -0.405. The van der Waals surface area contributed by atoms with E-state index < -0.39 is 4.92 Å². The second-order valence-corrected chi connectivity index (χ2v) is 5.49. The lowest BCUT2D eigenvalue weighted by atomic mass is 10.1. The second-order valence-electron chi connectivity index (χ2n) is 5.49. The summed E-state index contributed by atoms with van der Waals surface area (Å²) in [5.74, 6) is 0.383. The molecule has 0 spiro atoms. The Balaban J connectivity index is 1.72. The van der Waals surface area contributed by atoms with E-state index in [1.54, 1.807) is 12.1 Å². The first-order chi connectivity index (χ1) is 10.1. The van der Waals surface area contributed by atoms with Crippen molar-refractivity contribution in [1.29, 1.82) is 0 Å². The zero-order valence-corrected chi connectivity index (χ0v) is 11.5. The molecule has 1 fully saturated rings. The van der Waals surface area contributed by atoms with Gasteiger partial charge in [-0.05, 0) is 24.3 Å². The number of benzene rings is 1. The van der Waals surface area contributed by atoms with Crippen molar-refractivity contribution in [2.24, 2.45) is 5.92 Å². The van der Waals surface area contributed by atoms with E-state index in [1.165, 1.54) is 31.1 Å². The van der Waals surface area contributed by atoms with Crippen molar-refractivity contribution >= 4 is 11.7 Å². The maximum Gasteiger partial charge on any atom is 0.333 e. The lowest BCUT2D eigenvalue weighted by molar-refractivity contribution is -0.384. The van der Waals surface area contributed by atoms with Crippen LogP contribution in [0.1, 0.15) is 18.4 Å². The number of nitro benzene ring substituents is 1. The van der Waals surface area contributed by atoms with E-state index >= 15 is 0 Å². The average Bonchev–Trinajstić information content (AvgIpc) is 3.18. The average molecular weight is 288 g/mol. The van der Waals surface area contributed by atoms with Gasteiger partial charge in [0.05, 0.1) is 10.6 Å². The molecule has 0 amide bonds. The second kappa shape index (κ2) is 5.55. The first kappa shape index (κ1) is 13.6. The zero-order valence-electron chi connectivity index (χ0n) is 11.5. The molecule has 0 radical (unpaired) electrons. The van der Waals surface area contributed by atoms with Gasteiger partial charge in [0.1, 0.15) is 6.61 Å². The van der Waals surface area contributed by atoms with E-state index in [4.69, 9.17) is 4.74 Å². The molecule has 0 bridgehead atoms. The molecule has 1 heterocycles. The number of carbonyl (C=O) groups excluding carboxylic acids is 1. The Morgan fingerprint density at radius 1 is 1.29 bits per heavy atom. The number of esters is 1. The molecule has 21 heavy (non-hydrogen) atoms. The summed E-state index contributed by atoms with van der Waals surface area (Å²) in [5.41, 5.74) is 1.97. The summed E-state index contributed by atoms with van der Waals surface area (Å²) in [5, 5.41) is 10.7. The molecule has 1 aromatic carbocycles. The number of carbonyl (C=O) groups is 1. The minimum absolute atomic E-state index is 0.0890. The van der Waals surface area contributed by atoms with Crippen molar-refractivity contribution in [3.8, 4) is 0 Å². The molecule has 0 N–H and O–H groups in total. The van der Waals surface area contributed by atoms with E-state index in [0.717, 1.165) is 17.8 Å². The molecule has 0 unspecified atom stereocenters. The fraction of sp³-hybridized carbons (Fsp3) is 0.400. The summed E-state index contributed by atoms with van der Waals surface area (Å²) in [6.07, 6.45) is 3.98. The SMILES string of the molecule is O=C1C=C(N(Cc2ccc([N+](=O)[O-])cc2)CC2CC2)CO1. The van der Waals surface area contributed by atoms with E-state index in [1.807, 2.05) is 0 Å². The Kier molecular flexibility index (Phi) is 3.60. The van der Waals surface area contributed by atoms with Crippen LogP contribution in [-0.4, -0.2) is 28.9 Å². The van der Waals surface area contributed by atoms with Gasteiger partial charge >= 0.3 is 5.97 Å². The number of nitrogens with zero attached hydrogens (tertiary/aromatic N) is 2. The van der Waals surface area contributed by atoms with Crippen molar-refractivity contribution in [2.45, 2.75) is 19.4 Å². The van der Waals surface area contributed by atoms with Crippen molar-refractivity contribution in [3.05, 3.63) is 51.7 Å². The van der Waals surface area contributed by atoms with Crippen LogP contribution in [0, 0.1) is 16.0 Å². The number of nitro groups is 1. The van der Waals surface area contributed by atoms with Gasteiger partial charge in [-0.2, -0.15) is 0 Å². The van der Waals surface area contributed by atoms with Crippen molar-refractivity contribution < 1.29 is 14.5 Å². The van der Waals surface area contributed by atoms with Gasteiger partial charge < -0.3 is 9.64 Å². The van der Waals surface area contributed by atoms with Crippen LogP contribution in [0.3, 0.4) is 0 Å². The molecule has 110 valence electrons. The third-order valence-corrected chi connectivity index (χ3v) is 3.75. The molecule has 1 aromatic rings. The van der Waals surface area contributed by atoms with Crippen molar-refractivity contribution in [2.75, 3.05) is 13.2 Å². The Labute approximate surface area is 122 Å². The van der Waals surface area contributed by atoms with Crippen LogP contribution in [-0.2, 0) is 16.1 Å². The van der Waals surface area contributed by atoms with Crippen LogP contribution in [0.25, 0.3) is 0 Å². The van der Waals surface area contributed by atoms with Gasteiger partial charge in [0.15, 0.2) is 0 Å². The predicted octanol–water partition coefficient (Wildman–Crippen LogP) is 2.25. The lowest BCUT2D eigenvalue weighted by Gasteiger charge is -2.25. The molecule has 6 nitrogen and oxygen atoms in total. The van der Waals surface area contributed by atoms with E-state index in [9.17, 15) is 14.9 Å². The van der Waals surface area contributed by atoms with Crippen LogP contribution < -0.4 is 0 Å². The van der Waals surface area contributed by atoms with E-state index in [2.05, 4.69) is 4.90 Å². The summed E-state index contributed by atoms with van der Waals surface area (Å²) in [7, 11) is 0. The molecule has 0 atom stereocenters. The molecule has 6 heteroatoms. The Morgan fingerprint density at radius 3 is 2.52 bits per heavy atom. The predicted molar refractivity (Wildman–Crippen MR) is 75.3 cm³/mol. The number of non-ortho nitro benzene ring substituents is 1. The van der Waals surface area contributed by atoms with Crippen LogP contribution in [0.4, 0.5) is 5.69 Å². The summed E-state index contributed by atoms with van der Waals surface area (Å²) in [4.78, 5) is 23.6. The van der Waals surface area contributed by atoms with Crippen molar-refractivity contribution in [1.82, 2.24) is 4.90 Å². The molecule has 2 aliphatic rings. The highest BCUT2D eigenvalue weighted by molar-refractivity contribution is 5.85. The van der Waals surface area contributed by atoms with Crippen LogP contribution in [0.2, 0.25) is 0 Å². The Bertz CT molecular complexity index is 590. The monoisotopic (exact) mass is 288 g/mol. The topological polar surface area (TPSA) is 72.7 Å². The minimum Gasteiger partial charge on any atom is -0.456 e. The smallest absolute Gasteiger partial charge is 0.333 e. The van der Waals surface area contributed by atoms with Gasteiger partial charge in [-0.3, -0.25) is 10.1 Å². The van der Waals surface area contributed by atoms with Gasteiger partial charge in [0, 0.05) is 31.3 Å². The molecule has 1 saturated carbocycles. The molecule has 1 aliphatic heterocycles. The molecule has 0 saturated heterocycles. The van der Waals surface area contributed by atoms with Gasteiger partial charge in [-0.25, -0.2) is 4.79 Å². The maximum atomic E-state index is 11.2. The molecular weight excluding hydrogens is 272 g/mol. The number of cyclic esters (lactones) is 1. The Hall–Kier alpha value is -2.37. The van der Waals surface area contributed by atoms with Gasteiger partial charge in [0.2, 0.25) is 0 Å².